The predicted octanol–water partition coefficient (Wildman–Crippen LogP) is 4.48. The van der Waals surface area contributed by atoms with Gasteiger partial charge in [0.2, 0.25) is 0 Å². The second-order valence-electron chi connectivity index (χ2n) is 8.63. The molecule has 0 N–H and O–H groups in total. The molecular weight excluding hydrogens is 332 g/mol. The van der Waals surface area contributed by atoms with Crippen LogP contribution in [0.4, 0.5) is 9.59 Å². The molecule has 1 heterocycles. The second-order valence-corrected chi connectivity index (χ2v) is 8.63. The second kappa shape index (κ2) is 7.17. The van der Waals surface area contributed by atoms with Gasteiger partial charge in [-0.25, -0.2) is 9.59 Å². The summed E-state index contributed by atoms with van der Waals surface area (Å²) in [5.41, 5.74) is 0.756. The highest BCUT2D eigenvalue weighted by molar-refractivity contribution is 5.74. The maximum absolute atomic E-state index is 12.7. The van der Waals surface area contributed by atoms with Crippen LogP contribution in [-0.4, -0.2) is 46.3 Å². The van der Waals surface area contributed by atoms with Gasteiger partial charge in [0.25, 0.3) is 0 Å². The topological polar surface area (TPSA) is 59.1 Å². The van der Waals surface area contributed by atoms with E-state index < -0.39 is 29.6 Å². The minimum atomic E-state index is -0.603. The molecule has 0 radical (unpaired) electrons. The minimum absolute atomic E-state index is 0.396. The maximum Gasteiger partial charge on any atom is 0.412 e. The number of aryl methyl sites for hydroxylation is 1. The normalized spacial score (nSPS) is 16.0. The first-order valence-corrected chi connectivity index (χ1v) is 8.93. The molecule has 0 unspecified atom stereocenters. The molecule has 2 rings (SSSR count). The van der Waals surface area contributed by atoms with E-state index in [4.69, 9.17) is 9.47 Å². The third kappa shape index (κ3) is 5.13. The number of hydrogen-bond donors (Lipinski definition) is 0. The lowest BCUT2D eigenvalue weighted by molar-refractivity contribution is -0.000215. The van der Waals surface area contributed by atoms with Crippen LogP contribution in [0.1, 0.15) is 58.8 Å². The zero-order valence-electron chi connectivity index (χ0n) is 16.8. The van der Waals surface area contributed by atoms with Gasteiger partial charge in [-0.15, -0.1) is 0 Å². The zero-order chi connectivity index (χ0) is 19.7. The van der Waals surface area contributed by atoms with Gasteiger partial charge in [-0.3, -0.25) is 9.80 Å². The molecule has 0 spiro atoms. The number of hydrogen-bond acceptors (Lipinski definition) is 4. The average molecular weight is 362 g/mol. The van der Waals surface area contributed by atoms with Gasteiger partial charge in [-0.2, -0.15) is 0 Å². The van der Waals surface area contributed by atoms with Crippen molar-refractivity contribution in [3.63, 3.8) is 0 Å². The summed E-state index contributed by atoms with van der Waals surface area (Å²) in [4.78, 5) is 28.5. The predicted molar refractivity (Wildman–Crippen MR) is 99.8 cm³/mol. The largest absolute Gasteiger partial charge is 0.444 e. The van der Waals surface area contributed by atoms with Crippen LogP contribution in [0, 0.1) is 6.92 Å². The summed E-state index contributed by atoms with van der Waals surface area (Å²) in [6.07, 6.45) is -1.41. The van der Waals surface area contributed by atoms with Crippen molar-refractivity contribution < 1.29 is 19.1 Å². The summed E-state index contributed by atoms with van der Waals surface area (Å²) >= 11 is 0. The van der Waals surface area contributed by atoms with Gasteiger partial charge >= 0.3 is 12.2 Å². The Kier molecular flexibility index (Phi) is 5.54. The van der Waals surface area contributed by atoms with Crippen molar-refractivity contribution in [1.29, 1.82) is 0 Å². The molecule has 0 bridgehead atoms. The van der Waals surface area contributed by atoms with E-state index in [1.165, 1.54) is 0 Å². The summed E-state index contributed by atoms with van der Waals surface area (Å²) in [5.74, 6) is 0. The van der Waals surface area contributed by atoms with Crippen molar-refractivity contribution in [1.82, 2.24) is 9.80 Å². The lowest BCUT2D eigenvalue weighted by atomic mass is 10.1. The van der Waals surface area contributed by atoms with Gasteiger partial charge in [0.1, 0.15) is 17.4 Å². The van der Waals surface area contributed by atoms with Crippen molar-refractivity contribution in [3.05, 3.63) is 35.4 Å². The summed E-state index contributed by atoms with van der Waals surface area (Å²) < 4.78 is 11.1. The number of amides is 2. The summed E-state index contributed by atoms with van der Waals surface area (Å²) in [6.45, 7) is 13.7. The molecule has 0 atom stereocenters. The molecule has 6 nitrogen and oxygen atoms in total. The Bertz CT molecular complexity index is 620. The van der Waals surface area contributed by atoms with Crippen LogP contribution in [0.3, 0.4) is 0 Å². The van der Waals surface area contributed by atoms with Gasteiger partial charge in [0.15, 0.2) is 0 Å². The lowest BCUT2D eigenvalue weighted by Crippen LogP contribution is -2.42. The lowest BCUT2D eigenvalue weighted by Gasteiger charge is -2.33. The molecule has 1 saturated heterocycles. The number of ether oxygens (including phenoxy) is 2. The fourth-order valence-electron chi connectivity index (χ4n) is 2.75. The standard InChI is InChI=1S/C20H30N2O4/c1-14-8-10-15(11-9-14)16-21(17(23)25-19(2,3)4)12-13-22(16)18(24)26-20(5,6)7/h8-11,16H,12-13H2,1-7H3. The fourth-order valence-corrected chi connectivity index (χ4v) is 2.75. The van der Waals surface area contributed by atoms with Crippen LogP contribution in [0.25, 0.3) is 0 Å². The molecule has 1 aromatic rings. The maximum atomic E-state index is 12.7. The van der Waals surface area contributed by atoms with Crippen LogP contribution in [0.5, 0.6) is 0 Å². The van der Waals surface area contributed by atoms with Crippen molar-refractivity contribution >= 4 is 12.2 Å². The molecule has 1 fully saturated rings. The summed E-state index contributed by atoms with van der Waals surface area (Å²) in [5, 5.41) is 0. The molecule has 6 heteroatoms. The molecule has 0 aromatic heterocycles. The van der Waals surface area contributed by atoms with Gasteiger partial charge in [0.05, 0.1) is 0 Å². The van der Waals surface area contributed by atoms with Crippen molar-refractivity contribution in [2.45, 2.75) is 65.8 Å². The van der Waals surface area contributed by atoms with Gasteiger partial charge in [0, 0.05) is 13.1 Å². The highest BCUT2D eigenvalue weighted by Gasteiger charge is 2.42. The minimum Gasteiger partial charge on any atom is -0.444 e. The Morgan fingerprint density at radius 3 is 1.58 bits per heavy atom. The first-order valence-electron chi connectivity index (χ1n) is 8.93. The number of rotatable bonds is 1. The first-order chi connectivity index (χ1) is 11.9. The van der Waals surface area contributed by atoms with Gasteiger partial charge in [-0.05, 0) is 54.0 Å². The van der Waals surface area contributed by atoms with Gasteiger partial charge in [-0.1, -0.05) is 29.8 Å². The molecule has 0 saturated carbocycles. The molecule has 2 amide bonds. The first kappa shape index (κ1) is 20.1. The molecule has 144 valence electrons. The van der Waals surface area contributed by atoms with E-state index in [1.54, 1.807) is 9.80 Å². The van der Waals surface area contributed by atoms with E-state index in [0.717, 1.165) is 11.1 Å². The highest BCUT2D eigenvalue weighted by Crippen LogP contribution is 2.33. The Balaban J connectivity index is 2.33. The number of benzene rings is 1. The Hall–Kier alpha value is -2.24. The van der Waals surface area contributed by atoms with Crippen molar-refractivity contribution in [3.8, 4) is 0 Å². The molecule has 1 aromatic carbocycles. The van der Waals surface area contributed by atoms with Crippen LogP contribution in [0.2, 0.25) is 0 Å². The molecule has 1 aliphatic heterocycles. The Labute approximate surface area is 156 Å². The monoisotopic (exact) mass is 362 g/mol. The average Bonchev–Trinajstić information content (AvgIpc) is 2.89. The van der Waals surface area contributed by atoms with E-state index >= 15 is 0 Å². The van der Waals surface area contributed by atoms with E-state index in [0.29, 0.717) is 13.1 Å². The van der Waals surface area contributed by atoms with Crippen LogP contribution in [-0.2, 0) is 9.47 Å². The fraction of sp³-hybridized carbons (Fsp3) is 0.600. The quantitative estimate of drug-likeness (QED) is 0.739. The zero-order valence-corrected chi connectivity index (χ0v) is 16.8. The summed E-state index contributed by atoms with van der Waals surface area (Å²) in [6, 6.07) is 7.79. The SMILES string of the molecule is Cc1ccc(C2N(C(=O)OC(C)(C)C)CCN2C(=O)OC(C)(C)C)cc1. The van der Waals surface area contributed by atoms with E-state index in [1.807, 2.05) is 72.7 Å². The van der Waals surface area contributed by atoms with E-state index in [2.05, 4.69) is 0 Å². The highest BCUT2D eigenvalue weighted by atomic mass is 16.6. The van der Waals surface area contributed by atoms with Crippen molar-refractivity contribution in [2.24, 2.45) is 0 Å². The van der Waals surface area contributed by atoms with Crippen LogP contribution >= 0.6 is 0 Å². The number of nitrogens with zero attached hydrogens (tertiary/aromatic N) is 2. The van der Waals surface area contributed by atoms with Crippen molar-refractivity contribution in [2.75, 3.05) is 13.1 Å². The molecule has 0 aliphatic carbocycles. The number of carbonyl (C=O) groups is 2. The van der Waals surface area contributed by atoms with Gasteiger partial charge < -0.3 is 9.47 Å². The Morgan fingerprint density at radius 1 is 0.846 bits per heavy atom. The van der Waals surface area contributed by atoms with E-state index in [9.17, 15) is 9.59 Å². The van der Waals surface area contributed by atoms with Crippen LogP contribution < -0.4 is 0 Å². The Morgan fingerprint density at radius 2 is 1.23 bits per heavy atom. The molecule has 26 heavy (non-hydrogen) atoms. The van der Waals surface area contributed by atoms with Crippen LogP contribution in [0.15, 0.2) is 24.3 Å². The molecular formula is C20H30N2O4. The third-order valence-corrected chi connectivity index (χ3v) is 3.80. The number of carbonyl (C=O) groups excluding carboxylic acids is 2. The van der Waals surface area contributed by atoms with E-state index in [-0.39, 0.29) is 0 Å². The third-order valence-electron chi connectivity index (χ3n) is 3.80. The summed E-state index contributed by atoms with van der Waals surface area (Å²) in [7, 11) is 0. The smallest absolute Gasteiger partial charge is 0.412 e. The molecule has 1 aliphatic rings.